The van der Waals surface area contributed by atoms with Crippen LogP contribution in [0, 0.1) is 62.3 Å². The topological polar surface area (TPSA) is 183 Å². The number of furan rings is 3. The zero-order valence-corrected chi connectivity index (χ0v) is 42.8. The summed E-state index contributed by atoms with van der Waals surface area (Å²) in [5.41, 5.74) is 18.4. The lowest BCUT2D eigenvalue weighted by Gasteiger charge is -2.13. The Labute approximate surface area is 432 Å². The van der Waals surface area contributed by atoms with Gasteiger partial charge in [0.1, 0.15) is 34.0 Å². The van der Waals surface area contributed by atoms with Gasteiger partial charge in [0.2, 0.25) is 17.6 Å². The summed E-state index contributed by atoms with van der Waals surface area (Å²) in [6.07, 6.45) is 15.3. The van der Waals surface area contributed by atoms with E-state index in [-0.39, 0.29) is 0 Å². The molecule has 15 nitrogen and oxygen atoms in total. The minimum atomic E-state index is 0.538. The Morgan fingerprint density at radius 2 is 0.627 bits per heavy atom. The van der Waals surface area contributed by atoms with E-state index in [4.69, 9.17) is 27.5 Å². The van der Waals surface area contributed by atoms with Crippen LogP contribution in [-0.2, 0) is 0 Å². The van der Waals surface area contributed by atoms with Crippen molar-refractivity contribution in [3.8, 4) is 68.3 Å². The van der Waals surface area contributed by atoms with Crippen molar-refractivity contribution in [1.29, 1.82) is 0 Å². The van der Waals surface area contributed by atoms with Crippen molar-refractivity contribution in [2.45, 2.75) is 62.3 Å². The minimum absolute atomic E-state index is 0.538. The molecule has 0 N–H and O–H groups in total. The average molecular weight is 994 g/mol. The van der Waals surface area contributed by atoms with Gasteiger partial charge in [-0.3, -0.25) is 0 Å². The van der Waals surface area contributed by atoms with Crippen LogP contribution >= 0.6 is 0 Å². The van der Waals surface area contributed by atoms with E-state index in [0.29, 0.717) is 17.6 Å². The number of benzene rings is 3. The maximum atomic E-state index is 5.98. The summed E-state index contributed by atoms with van der Waals surface area (Å²) in [7, 11) is 0. The minimum Gasteiger partial charge on any atom is -0.464 e. The molecule has 0 aliphatic heterocycles. The third-order valence-electron chi connectivity index (χ3n) is 12.7. The molecular weight excluding hydrogens is 943 g/mol. The maximum absolute atomic E-state index is 5.98. The van der Waals surface area contributed by atoms with Crippen LogP contribution in [0.15, 0.2) is 160 Å². The first-order chi connectivity index (χ1) is 36.4. The SMILES string of the molecule is Cc1cc(Oc2nccc3occc23)ccc1-c1c(C)cnnc1C.Cc1cc(Oc2nccc3occc23)ccc1-c1c(C)cnnc1C.Cc1cc(Oc2nccc3occc23)ccc1-c1c(C)cnnc1C. The Morgan fingerprint density at radius 1 is 0.333 bits per heavy atom. The highest BCUT2D eigenvalue weighted by Crippen LogP contribution is 2.37. The van der Waals surface area contributed by atoms with Gasteiger partial charge in [-0.25, -0.2) is 15.0 Å². The summed E-state index contributed by atoms with van der Waals surface area (Å²) in [6.45, 7) is 18.3. The number of aryl methyl sites for hydroxylation is 9. The van der Waals surface area contributed by atoms with Gasteiger partial charge in [0.25, 0.3) is 0 Å². The van der Waals surface area contributed by atoms with Crippen LogP contribution in [0.1, 0.15) is 50.5 Å². The highest BCUT2D eigenvalue weighted by atomic mass is 16.5. The zero-order valence-electron chi connectivity index (χ0n) is 42.8. The van der Waals surface area contributed by atoms with Gasteiger partial charge in [0.15, 0.2) is 0 Å². The van der Waals surface area contributed by atoms with Crippen molar-refractivity contribution >= 4 is 32.9 Å². The van der Waals surface area contributed by atoms with E-state index in [1.807, 2.05) is 114 Å². The molecule has 9 aromatic heterocycles. The monoisotopic (exact) mass is 993 g/mol. The van der Waals surface area contributed by atoms with Crippen molar-refractivity contribution < 1.29 is 27.5 Å². The summed E-state index contributed by atoms with van der Waals surface area (Å²) < 4.78 is 34.1. The quantitative estimate of drug-likeness (QED) is 0.133. The molecule has 0 saturated heterocycles. The van der Waals surface area contributed by atoms with Gasteiger partial charge in [-0.1, -0.05) is 18.2 Å². The highest BCUT2D eigenvalue weighted by Gasteiger charge is 2.16. The second-order valence-corrected chi connectivity index (χ2v) is 18.0. The predicted octanol–water partition coefficient (Wildman–Crippen LogP) is 15.0. The number of fused-ring (bicyclic) bond motifs is 3. The number of aromatic nitrogens is 9. The normalized spacial score (nSPS) is 11.0. The van der Waals surface area contributed by atoms with Gasteiger partial charge in [-0.15, -0.1) is 0 Å². The summed E-state index contributed by atoms with van der Waals surface area (Å²) in [4.78, 5) is 12.9. The van der Waals surface area contributed by atoms with Gasteiger partial charge >= 0.3 is 0 Å². The largest absolute Gasteiger partial charge is 0.464 e. The molecule has 0 saturated carbocycles. The Bertz CT molecular complexity index is 3560. The van der Waals surface area contributed by atoms with Crippen molar-refractivity contribution in [1.82, 2.24) is 45.5 Å². The molecule has 0 spiro atoms. The molecule has 0 radical (unpaired) electrons. The van der Waals surface area contributed by atoms with Crippen LogP contribution in [-0.4, -0.2) is 45.5 Å². The predicted molar refractivity (Wildman–Crippen MR) is 287 cm³/mol. The van der Waals surface area contributed by atoms with Crippen LogP contribution in [0.4, 0.5) is 0 Å². The molecule has 9 heterocycles. The molecule has 372 valence electrons. The van der Waals surface area contributed by atoms with E-state index >= 15 is 0 Å². The van der Waals surface area contributed by atoms with E-state index in [9.17, 15) is 0 Å². The first-order valence-corrected chi connectivity index (χ1v) is 24.1. The molecule has 0 aliphatic carbocycles. The number of ether oxygens (including phenoxy) is 3. The van der Waals surface area contributed by atoms with Crippen molar-refractivity contribution in [2.75, 3.05) is 0 Å². The number of hydrogen-bond donors (Lipinski definition) is 0. The van der Waals surface area contributed by atoms with Gasteiger partial charge < -0.3 is 27.5 Å². The molecule has 12 aromatic rings. The molecule has 0 fully saturated rings. The molecule has 12 rings (SSSR count). The molecule has 0 aliphatic rings. The summed E-state index contributed by atoms with van der Waals surface area (Å²) in [6, 6.07) is 29.0. The fourth-order valence-electron chi connectivity index (χ4n) is 9.15. The molecule has 3 aromatic carbocycles. The van der Waals surface area contributed by atoms with Crippen molar-refractivity contribution in [3.05, 3.63) is 197 Å². The second-order valence-electron chi connectivity index (χ2n) is 18.0. The lowest BCUT2D eigenvalue weighted by molar-refractivity contribution is 0.468. The van der Waals surface area contributed by atoms with Gasteiger partial charge in [0.05, 0.1) is 70.6 Å². The average Bonchev–Trinajstić information content (AvgIpc) is 4.20. The van der Waals surface area contributed by atoms with Crippen LogP contribution < -0.4 is 14.2 Å². The summed E-state index contributed by atoms with van der Waals surface area (Å²) >= 11 is 0. The molecule has 0 unspecified atom stereocenters. The fraction of sp³-hybridized carbons (Fsp3) is 0.150. The van der Waals surface area contributed by atoms with E-state index < -0.39 is 0 Å². The van der Waals surface area contributed by atoms with Gasteiger partial charge in [-0.05, 0) is 185 Å². The molecule has 15 heteroatoms. The first kappa shape index (κ1) is 49.0. The molecule has 0 bridgehead atoms. The standard InChI is InChI=1S/3C20H17N3O2/c3*1-12-10-15(25-20-17-7-9-24-18(17)6-8-21-20)4-5-16(12)19-13(2)11-22-23-14(19)3/h3*4-11H,1-3H3. The Morgan fingerprint density at radius 3 is 0.893 bits per heavy atom. The van der Waals surface area contributed by atoms with Crippen LogP contribution in [0.5, 0.6) is 34.9 Å². The number of rotatable bonds is 9. The highest BCUT2D eigenvalue weighted by molar-refractivity contribution is 5.84. The smallest absolute Gasteiger partial charge is 0.230 e. The second kappa shape index (κ2) is 21.2. The summed E-state index contributed by atoms with van der Waals surface area (Å²) in [5, 5.41) is 27.1. The maximum Gasteiger partial charge on any atom is 0.230 e. The molecule has 0 amide bonds. The van der Waals surface area contributed by atoms with Crippen molar-refractivity contribution in [2.24, 2.45) is 0 Å². The Kier molecular flexibility index (Phi) is 13.9. The lowest BCUT2D eigenvalue weighted by Crippen LogP contribution is -1.96. The van der Waals surface area contributed by atoms with Crippen LogP contribution in [0.25, 0.3) is 66.3 Å². The van der Waals surface area contributed by atoms with Gasteiger partial charge in [0, 0.05) is 35.3 Å². The Balaban J connectivity index is 0.000000128. The molecule has 0 atom stereocenters. The molecular formula is C60H51N9O6. The van der Waals surface area contributed by atoms with Crippen molar-refractivity contribution in [3.63, 3.8) is 0 Å². The van der Waals surface area contributed by atoms with Crippen LogP contribution in [0.3, 0.4) is 0 Å². The third-order valence-corrected chi connectivity index (χ3v) is 12.7. The lowest BCUT2D eigenvalue weighted by atomic mass is 9.96. The van der Waals surface area contributed by atoms with Crippen LogP contribution in [0.2, 0.25) is 0 Å². The summed E-state index contributed by atoms with van der Waals surface area (Å²) in [5.74, 6) is 3.82. The van der Waals surface area contributed by atoms with E-state index in [0.717, 1.165) is 134 Å². The van der Waals surface area contributed by atoms with Gasteiger partial charge in [-0.2, -0.15) is 30.6 Å². The zero-order chi connectivity index (χ0) is 52.2. The third kappa shape index (κ3) is 10.4. The number of hydrogen-bond acceptors (Lipinski definition) is 15. The van der Waals surface area contributed by atoms with E-state index in [1.165, 1.54) is 0 Å². The fourth-order valence-corrected chi connectivity index (χ4v) is 9.15. The first-order valence-electron chi connectivity index (χ1n) is 24.1. The number of nitrogens with zero attached hydrogens (tertiary/aromatic N) is 9. The number of pyridine rings is 3. The Hall–Kier alpha value is -9.63. The molecule has 75 heavy (non-hydrogen) atoms. The van der Waals surface area contributed by atoms with E-state index in [1.54, 1.807) is 56.0 Å². The van der Waals surface area contributed by atoms with E-state index in [2.05, 4.69) is 84.5 Å².